The van der Waals surface area contributed by atoms with Crippen molar-refractivity contribution in [2.75, 3.05) is 0 Å². The molecule has 2 atom stereocenters. The third kappa shape index (κ3) is 3.10. The first-order valence-electron chi connectivity index (χ1n) is 6.21. The van der Waals surface area contributed by atoms with Gasteiger partial charge in [-0.1, -0.05) is 30.3 Å². The molecule has 0 fully saturated rings. The van der Waals surface area contributed by atoms with Crippen molar-refractivity contribution in [1.82, 2.24) is 0 Å². The van der Waals surface area contributed by atoms with E-state index in [-0.39, 0.29) is 11.1 Å². The van der Waals surface area contributed by atoms with Crippen molar-refractivity contribution in [3.8, 4) is 11.1 Å². The van der Waals surface area contributed by atoms with Gasteiger partial charge in [0.2, 0.25) is 0 Å². The fourth-order valence-electron chi connectivity index (χ4n) is 1.95. The Bertz CT molecular complexity index is 663. The summed E-state index contributed by atoms with van der Waals surface area (Å²) in [6.45, 7) is 1.07. The molecule has 0 amide bonds. The van der Waals surface area contributed by atoms with E-state index in [2.05, 4.69) is 0 Å². The van der Waals surface area contributed by atoms with Crippen molar-refractivity contribution in [3.05, 3.63) is 53.6 Å². The summed E-state index contributed by atoms with van der Waals surface area (Å²) < 4.78 is 77.8. The van der Waals surface area contributed by atoms with E-state index < -0.39 is 45.2 Å². The molecule has 0 saturated heterocycles. The lowest BCUT2D eigenvalue weighted by Crippen LogP contribution is -2.25. The fraction of sp³-hybridized carbons (Fsp3) is 0.200. The minimum absolute atomic E-state index is 0.256. The van der Waals surface area contributed by atoms with Gasteiger partial charge in [-0.05, 0) is 12.5 Å². The SMILES string of the molecule is Cc1c([S+]([O-])C(F)C(F)F)cc(-c2ccccc2)c(F)c1F. The minimum atomic E-state index is -3.48. The van der Waals surface area contributed by atoms with Crippen LogP contribution in [-0.4, -0.2) is 16.5 Å². The van der Waals surface area contributed by atoms with Gasteiger partial charge in [0, 0.05) is 28.4 Å². The molecule has 2 rings (SSSR count). The van der Waals surface area contributed by atoms with Crippen LogP contribution in [0.3, 0.4) is 0 Å². The third-order valence-electron chi connectivity index (χ3n) is 3.11. The van der Waals surface area contributed by atoms with Crippen LogP contribution in [0.5, 0.6) is 0 Å². The van der Waals surface area contributed by atoms with Gasteiger partial charge in [0.1, 0.15) is 0 Å². The molecule has 2 aromatic rings. The van der Waals surface area contributed by atoms with Crippen LogP contribution in [0.2, 0.25) is 0 Å². The molecule has 2 unspecified atom stereocenters. The van der Waals surface area contributed by atoms with Crippen molar-refractivity contribution in [1.29, 1.82) is 0 Å². The average Bonchev–Trinajstić information content (AvgIpc) is 2.52. The van der Waals surface area contributed by atoms with Gasteiger partial charge in [0.15, 0.2) is 16.5 Å². The van der Waals surface area contributed by atoms with Gasteiger partial charge in [0.25, 0.3) is 0 Å². The molecule has 118 valence electrons. The first kappa shape index (κ1) is 16.8. The van der Waals surface area contributed by atoms with Crippen LogP contribution in [0.15, 0.2) is 41.3 Å². The molecule has 0 bridgehead atoms. The molecule has 0 saturated carbocycles. The summed E-state index contributed by atoms with van der Waals surface area (Å²) in [6, 6.07) is 8.69. The van der Waals surface area contributed by atoms with E-state index in [1.165, 1.54) is 12.1 Å². The summed E-state index contributed by atoms with van der Waals surface area (Å²) in [7, 11) is 0. The normalized spacial score (nSPS) is 14.2. The van der Waals surface area contributed by atoms with Gasteiger partial charge >= 0.3 is 11.9 Å². The quantitative estimate of drug-likeness (QED) is 0.591. The van der Waals surface area contributed by atoms with E-state index in [1.54, 1.807) is 18.2 Å². The molecular weight excluding hydrogens is 323 g/mol. The Morgan fingerprint density at radius 2 is 1.59 bits per heavy atom. The maximum atomic E-state index is 14.0. The molecule has 1 nitrogen and oxygen atoms in total. The second kappa shape index (κ2) is 6.66. The van der Waals surface area contributed by atoms with E-state index in [0.717, 1.165) is 13.0 Å². The minimum Gasteiger partial charge on any atom is -0.609 e. The lowest BCUT2D eigenvalue weighted by atomic mass is 10.0. The summed E-state index contributed by atoms with van der Waals surface area (Å²) in [4.78, 5) is -0.481. The predicted molar refractivity (Wildman–Crippen MR) is 73.8 cm³/mol. The van der Waals surface area contributed by atoms with E-state index >= 15 is 0 Å². The lowest BCUT2D eigenvalue weighted by Gasteiger charge is -2.17. The molecule has 0 aliphatic rings. The molecule has 0 aromatic heterocycles. The monoisotopic (exact) mass is 334 g/mol. The molecule has 0 N–H and O–H groups in total. The summed E-state index contributed by atoms with van der Waals surface area (Å²) in [5, 5.41) is 0. The van der Waals surface area contributed by atoms with Crippen LogP contribution < -0.4 is 0 Å². The molecule has 0 aliphatic heterocycles. The van der Waals surface area contributed by atoms with Crippen molar-refractivity contribution in [3.63, 3.8) is 0 Å². The molecule has 0 spiro atoms. The molecule has 22 heavy (non-hydrogen) atoms. The van der Waals surface area contributed by atoms with E-state index in [1.807, 2.05) is 0 Å². The van der Waals surface area contributed by atoms with Gasteiger partial charge in [-0.25, -0.2) is 17.6 Å². The Morgan fingerprint density at radius 1 is 1.00 bits per heavy atom. The highest BCUT2D eigenvalue weighted by Gasteiger charge is 2.36. The number of halogens is 5. The predicted octanol–water partition coefficient (Wildman–Crippen LogP) is 4.61. The van der Waals surface area contributed by atoms with Gasteiger partial charge in [-0.3, -0.25) is 0 Å². The Labute approximate surface area is 127 Å². The second-order valence-corrected chi connectivity index (χ2v) is 6.01. The Morgan fingerprint density at radius 3 is 2.14 bits per heavy atom. The summed E-state index contributed by atoms with van der Waals surface area (Å²) in [5.74, 6) is -2.52. The van der Waals surface area contributed by atoms with E-state index in [4.69, 9.17) is 0 Å². The number of hydrogen-bond donors (Lipinski definition) is 0. The topological polar surface area (TPSA) is 23.1 Å². The van der Waals surface area contributed by atoms with Crippen LogP contribution in [0, 0.1) is 18.6 Å². The zero-order chi connectivity index (χ0) is 16.4. The molecular formula is C15H11F5OS. The standard InChI is InChI=1S/C15H11F5OS/c1-8-11(22(21)15(20)14(18)19)7-10(13(17)12(8)16)9-5-3-2-4-6-9/h2-7,14-15H,1H3. The van der Waals surface area contributed by atoms with Crippen molar-refractivity contribution in [2.24, 2.45) is 0 Å². The maximum absolute atomic E-state index is 14.0. The Balaban J connectivity index is 2.59. The number of hydrogen-bond acceptors (Lipinski definition) is 1. The molecule has 7 heteroatoms. The lowest BCUT2D eigenvalue weighted by molar-refractivity contribution is 0.0901. The largest absolute Gasteiger partial charge is 0.609 e. The maximum Gasteiger partial charge on any atom is 0.318 e. The van der Waals surface area contributed by atoms with Gasteiger partial charge in [-0.15, -0.1) is 0 Å². The zero-order valence-corrected chi connectivity index (χ0v) is 12.1. The van der Waals surface area contributed by atoms with Gasteiger partial charge in [0.05, 0.1) is 0 Å². The average molecular weight is 334 g/mol. The highest BCUT2D eigenvalue weighted by atomic mass is 32.2. The fourth-order valence-corrected chi connectivity index (χ4v) is 3.00. The van der Waals surface area contributed by atoms with E-state index in [9.17, 15) is 26.5 Å². The van der Waals surface area contributed by atoms with Crippen molar-refractivity contribution < 1.29 is 26.5 Å². The first-order valence-corrected chi connectivity index (χ1v) is 7.42. The highest BCUT2D eigenvalue weighted by Crippen LogP contribution is 2.33. The number of benzene rings is 2. The molecule has 0 heterocycles. The molecule has 2 aromatic carbocycles. The zero-order valence-electron chi connectivity index (χ0n) is 11.3. The Kier molecular flexibility index (Phi) is 5.08. The number of alkyl halides is 3. The van der Waals surface area contributed by atoms with Gasteiger partial charge < -0.3 is 4.55 Å². The summed E-state index contributed by atoms with van der Waals surface area (Å²) >= 11 is -2.80. The van der Waals surface area contributed by atoms with Crippen LogP contribution in [0.4, 0.5) is 22.0 Å². The second-order valence-electron chi connectivity index (χ2n) is 4.52. The van der Waals surface area contributed by atoms with Crippen molar-refractivity contribution >= 4 is 11.2 Å². The van der Waals surface area contributed by atoms with Crippen LogP contribution in [0.1, 0.15) is 5.56 Å². The first-order chi connectivity index (χ1) is 10.3. The number of rotatable bonds is 4. The van der Waals surface area contributed by atoms with Crippen LogP contribution in [-0.2, 0) is 11.2 Å². The van der Waals surface area contributed by atoms with Crippen molar-refractivity contribution in [2.45, 2.75) is 23.7 Å². The van der Waals surface area contributed by atoms with Gasteiger partial charge in [-0.2, -0.15) is 4.39 Å². The van der Waals surface area contributed by atoms with E-state index in [0.29, 0.717) is 0 Å². The van der Waals surface area contributed by atoms with Crippen LogP contribution in [0.25, 0.3) is 11.1 Å². The molecule has 0 radical (unpaired) electrons. The smallest absolute Gasteiger partial charge is 0.318 e. The molecule has 0 aliphatic carbocycles. The Hall–Kier alpha value is -1.60. The summed E-state index contributed by atoms with van der Waals surface area (Å²) in [6.07, 6.45) is -3.48. The summed E-state index contributed by atoms with van der Waals surface area (Å²) in [5.41, 5.74) is -3.40. The third-order valence-corrected chi connectivity index (χ3v) is 4.58. The van der Waals surface area contributed by atoms with Crippen LogP contribution >= 0.6 is 0 Å². The highest BCUT2D eigenvalue weighted by molar-refractivity contribution is 7.92.